The van der Waals surface area contributed by atoms with Gasteiger partial charge in [0.1, 0.15) is 11.6 Å². The smallest absolute Gasteiger partial charge is 0.246 e. The number of carbonyl (C=O) groups excluding carboxylic acids is 2. The quantitative estimate of drug-likeness (QED) is 0.917. The van der Waals surface area contributed by atoms with E-state index in [2.05, 4.69) is 17.4 Å². The predicted molar refractivity (Wildman–Crippen MR) is 96.7 cm³/mol. The van der Waals surface area contributed by atoms with E-state index in [0.717, 1.165) is 44.1 Å². The van der Waals surface area contributed by atoms with Crippen molar-refractivity contribution in [3.8, 4) is 0 Å². The third kappa shape index (κ3) is 2.96. The van der Waals surface area contributed by atoms with E-state index in [9.17, 15) is 9.59 Å². The molecule has 1 aromatic rings. The van der Waals surface area contributed by atoms with E-state index >= 15 is 0 Å². The summed E-state index contributed by atoms with van der Waals surface area (Å²) in [5.41, 5.74) is 0.497. The molecule has 25 heavy (non-hydrogen) atoms. The van der Waals surface area contributed by atoms with Crippen LogP contribution in [0.1, 0.15) is 63.4 Å². The number of rotatable bonds is 3. The monoisotopic (exact) mass is 340 g/mol. The highest BCUT2D eigenvalue weighted by Gasteiger charge is 2.54. The van der Waals surface area contributed by atoms with Gasteiger partial charge in [0.25, 0.3) is 0 Å². The zero-order valence-corrected chi connectivity index (χ0v) is 14.9. The van der Waals surface area contributed by atoms with Crippen LogP contribution in [0.5, 0.6) is 0 Å². The third-order valence-electron chi connectivity index (χ3n) is 6.49. The van der Waals surface area contributed by atoms with Crippen molar-refractivity contribution in [1.82, 2.24) is 10.2 Å². The van der Waals surface area contributed by atoms with Crippen molar-refractivity contribution < 1.29 is 9.59 Å². The summed E-state index contributed by atoms with van der Waals surface area (Å²) >= 11 is 0. The van der Waals surface area contributed by atoms with E-state index in [4.69, 9.17) is 0 Å². The minimum atomic E-state index is -0.613. The second-order valence-electron chi connectivity index (χ2n) is 8.00. The first-order valence-electron chi connectivity index (χ1n) is 9.87. The lowest BCUT2D eigenvalue weighted by Gasteiger charge is -2.48. The molecule has 1 atom stereocenters. The highest BCUT2D eigenvalue weighted by atomic mass is 16.2. The number of nitrogens with one attached hydrogen (secondary N) is 1. The zero-order valence-electron chi connectivity index (χ0n) is 14.9. The van der Waals surface area contributed by atoms with Crippen LogP contribution in [0.4, 0.5) is 0 Å². The summed E-state index contributed by atoms with van der Waals surface area (Å²) in [5, 5.41) is 3.15. The number of carbonyl (C=O) groups is 2. The predicted octanol–water partition coefficient (Wildman–Crippen LogP) is 3.41. The van der Waals surface area contributed by atoms with E-state index < -0.39 is 5.54 Å². The van der Waals surface area contributed by atoms with Crippen molar-refractivity contribution in [3.63, 3.8) is 0 Å². The van der Waals surface area contributed by atoms with Gasteiger partial charge in [0.05, 0.1) is 0 Å². The fourth-order valence-electron chi connectivity index (χ4n) is 5.08. The summed E-state index contributed by atoms with van der Waals surface area (Å²) in [7, 11) is 0. The second kappa shape index (κ2) is 6.81. The van der Waals surface area contributed by atoms with Gasteiger partial charge in [-0.15, -0.1) is 0 Å². The largest absolute Gasteiger partial charge is 0.342 e. The minimum absolute atomic E-state index is 0.0936. The summed E-state index contributed by atoms with van der Waals surface area (Å²) < 4.78 is 0. The SMILES string of the molecule is O=C1C(C2CCCCC2)NC(=O)C2(CCCC2)N1Cc1ccccc1. The first-order chi connectivity index (χ1) is 12.2. The summed E-state index contributed by atoms with van der Waals surface area (Å²) in [6.07, 6.45) is 9.38. The Morgan fingerprint density at radius 3 is 2.32 bits per heavy atom. The van der Waals surface area contributed by atoms with E-state index in [-0.39, 0.29) is 17.9 Å². The molecule has 2 aliphatic carbocycles. The van der Waals surface area contributed by atoms with Crippen molar-refractivity contribution in [3.05, 3.63) is 35.9 Å². The van der Waals surface area contributed by atoms with Gasteiger partial charge in [0.2, 0.25) is 11.8 Å². The molecule has 4 heteroatoms. The lowest BCUT2D eigenvalue weighted by molar-refractivity contribution is -0.160. The number of amides is 2. The number of benzene rings is 1. The Bertz CT molecular complexity index is 631. The van der Waals surface area contributed by atoms with Crippen LogP contribution < -0.4 is 5.32 Å². The molecule has 2 amide bonds. The van der Waals surface area contributed by atoms with Gasteiger partial charge < -0.3 is 10.2 Å². The zero-order chi connectivity index (χ0) is 17.3. The molecule has 4 rings (SSSR count). The Morgan fingerprint density at radius 2 is 1.64 bits per heavy atom. The molecule has 134 valence electrons. The Balaban J connectivity index is 1.64. The van der Waals surface area contributed by atoms with Crippen molar-refractivity contribution in [1.29, 1.82) is 0 Å². The third-order valence-corrected chi connectivity index (χ3v) is 6.49. The minimum Gasteiger partial charge on any atom is -0.342 e. The van der Waals surface area contributed by atoms with Gasteiger partial charge in [0.15, 0.2) is 0 Å². The van der Waals surface area contributed by atoms with Gasteiger partial charge in [-0.05, 0) is 37.2 Å². The molecule has 0 bridgehead atoms. The Morgan fingerprint density at radius 1 is 0.960 bits per heavy atom. The molecule has 0 aromatic heterocycles. The van der Waals surface area contributed by atoms with Crippen LogP contribution in [-0.4, -0.2) is 28.3 Å². The molecule has 1 spiro atoms. The molecule has 4 nitrogen and oxygen atoms in total. The normalized spacial score (nSPS) is 26.9. The lowest BCUT2D eigenvalue weighted by atomic mass is 9.79. The van der Waals surface area contributed by atoms with Crippen LogP contribution in [0, 0.1) is 5.92 Å². The van der Waals surface area contributed by atoms with E-state index in [1.807, 2.05) is 23.1 Å². The molecule has 0 radical (unpaired) electrons. The maximum Gasteiger partial charge on any atom is 0.246 e. The van der Waals surface area contributed by atoms with Crippen molar-refractivity contribution in [2.45, 2.75) is 75.9 Å². The molecule has 2 saturated carbocycles. The van der Waals surface area contributed by atoms with Crippen LogP contribution in [0.15, 0.2) is 30.3 Å². The number of nitrogens with zero attached hydrogens (tertiary/aromatic N) is 1. The van der Waals surface area contributed by atoms with Crippen molar-refractivity contribution in [2.24, 2.45) is 5.92 Å². The van der Waals surface area contributed by atoms with E-state index in [0.29, 0.717) is 12.5 Å². The molecule has 3 fully saturated rings. The van der Waals surface area contributed by atoms with Crippen molar-refractivity contribution >= 4 is 11.8 Å². The van der Waals surface area contributed by atoms with Crippen LogP contribution in [0.2, 0.25) is 0 Å². The van der Waals surface area contributed by atoms with E-state index in [1.165, 1.54) is 19.3 Å². The fraction of sp³-hybridized carbons (Fsp3) is 0.619. The summed E-state index contributed by atoms with van der Waals surface area (Å²) in [4.78, 5) is 28.5. The standard InChI is InChI=1S/C21H28N2O2/c24-19-18(17-11-5-2-6-12-17)22-20(25)21(13-7-8-14-21)23(19)15-16-9-3-1-4-10-16/h1,3-4,9-10,17-18H,2,5-8,11-15H2,(H,22,25). The van der Waals surface area contributed by atoms with Crippen LogP contribution in [0.3, 0.4) is 0 Å². The van der Waals surface area contributed by atoms with E-state index in [1.54, 1.807) is 0 Å². The Hall–Kier alpha value is -1.84. The second-order valence-corrected chi connectivity index (χ2v) is 8.00. The molecule has 1 aliphatic heterocycles. The average molecular weight is 340 g/mol. The summed E-state index contributed by atoms with van der Waals surface area (Å²) in [5.74, 6) is 0.551. The molecule has 3 aliphatic rings. The number of hydrogen-bond acceptors (Lipinski definition) is 2. The topological polar surface area (TPSA) is 49.4 Å². The molecular weight excluding hydrogens is 312 g/mol. The molecule has 1 heterocycles. The van der Waals surface area contributed by atoms with Gasteiger partial charge in [-0.1, -0.05) is 62.4 Å². The lowest BCUT2D eigenvalue weighted by Crippen LogP contribution is -2.70. The molecule has 1 N–H and O–H groups in total. The number of hydrogen-bond donors (Lipinski definition) is 1. The van der Waals surface area contributed by atoms with Gasteiger partial charge in [0, 0.05) is 6.54 Å². The Labute approximate surface area is 150 Å². The summed E-state index contributed by atoms with van der Waals surface area (Å²) in [6, 6.07) is 9.79. The number of piperazine rings is 1. The van der Waals surface area contributed by atoms with Gasteiger partial charge in [-0.3, -0.25) is 9.59 Å². The maximum absolute atomic E-state index is 13.4. The first kappa shape index (κ1) is 16.6. The highest BCUT2D eigenvalue weighted by Crippen LogP contribution is 2.41. The van der Waals surface area contributed by atoms with Crippen LogP contribution >= 0.6 is 0 Å². The average Bonchev–Trinajstić information content (AvgIpc) is 3.14. The summed E-state index contributed by atoms with van der Waals surface area (Å²) in [6.45, 7) is 0.552. The maximum atomic E-state index is 13.4. The molecular formula is C21H28N2O2. The van der Waals surface area contributed by atoms with Gasteiger partial charge in [-0.25, -0.2) is 0 Å². The highest BCUT2D eigenvalue weighted by molar-refractivity contribution is 6.00. The fourth-order valence-corrected chi connectivity index (χ4v) is 5.08. The molecule has 1 saturated heterocycles. The van der Waals surface area contributed by atoms with Crippen LogP contribution in [-0.2, 0) is 16.1 Å². The molecule has 1 unspecified atom stereocenters. The van der Waals surface area contributed by atoms with Gasteiger partial charge >= 0.3 is 0 Å². The van der Waals surface area contributed by atoms with Gasteiger partial charge in [-0.2, -0.15) is 0 Å². The van der Waals surface area contributed by atoms with Crippen molar-refractivity contribution in [2.75, 3.05) is 0 Å². The van der Waals surface area contributed by atoms with Crippen LogP contribution in [0.25, 0.3) is 0 Å². The first-order valence-corrected chi connectivity index (χ1v) is 9.87. The Kier molecular flexibility index (Phi) is 4.53. The molecule has 1 aromatic carbocycles.